The van der Waals surface area contributed by atoms with Gasteiger partial charge in [-0.3, -0.25) is 9.59 Å². The number of amides is 1. The molecule has 4 aliphatic carbocycles. The summed E-state index contributed by atoms with van der Waals surface area (Å²) in [6.45, 7) is 7.15. The summed E-state index contributed by atoms with van der Waals surface area (Å²) in [4.78, 5) is 24.5. The first kappa shape index (κ1) is 22.7. The van der Waals surface area contributed by atoms with Crippen molar-refractivity contribution < 1.29 is 14.1 Å². The van der Waals surface area contributed by atoms with Gasteiger partial charge in [-0.1, -0.05) is 19.4 Å². The van der Waals surface area contributed by atoms with Crippen molar-refractivity contribution in [2.75, 3.05) is 27.7 Å². The first-order valence-electron chi connectivity index (χ1n) is 12.3. The van der Waals surface area contributed by atoms with E-state index >= 15 is 0 Å². The van der Waals surface area contributed by atoms with Gasteiger partial charge in [0.2, 0.25) is 0 Å². The molecule has 3 saturated carbocycles. The number of hydrazone groups is 1. The van der Waals surface area contributed by atoms with Crippen LogP contribution < -0.4 is 5.43 Å². The fraction of sp³-hybridized carbons (Fsp3) is 0.808. The number of quaternary nitrogens is 1. The standard InChI is InChI=1S/C26H41N3O2/c1-17(30)21-9-10-22-20-8-7-18-15-19(27-28-24(31)16-29(4,5)6)11-13-25(18,2)23(20)12-14-26(21,22)3/h15,20-23H,7-14,16H2,1-6H3/p+1/b27-19-/t20?,21-,22?,23?,25+,26-/m1/s1. The molecule has 5 heteroatoms. The normalized spacial score (nSPS) is 41.1. The number of carbonyl (C=O) groups is 2. The summed E-state index contributed by atoms with van der Waals surface area (Å²) in [5, 5.41) is 4.48. The van der Waals surface area contributed by atoms with Crippen LogP contribution in [0, 0.1) is 34.5 Å². The van der Waals surface area contributed by atoms with Crippen molar-refractivity contribution in [2.24, 2.45) is 39.6 Å². The molecule has 6 atom stereocenters. The van der Waals surface area contributed by atoms with Gasteiger partial charge in [0.25, 0.3) is 5.91 Å². The van der Waals surface area contributed by atoms with E-state index in [1.807, 2.05) is 28.1 Å². The van der Waals surface area contributed by atoms with Gasteiger partial charge < -0.3 is 4.48 Å². The molecule has 0 spiro atoms. The summed E-state index contributed by atoms with van der Waals surface area (Å²) < 4.78 is 0.601. The van der Waals surface area contributed by atoms with Crippen LogP contribution >= 0.6 is 0 Å². The number of hydrogen-bond donors (Lipinski definition) is 1. The highest BCUT2D eigenvalue weighted by atomic mass is 16.2. The Kier molecular flexibility index (Phi) is 5.73. The van der Waals surface area contributed by atoms with Gasteiger partial charge in [-0.25, -0.2) is 5.43 Å². The van der Waals surface area contributed by atoms with Gasteiger partial charge in [0.15, 0.2) is 6.54 Å². The van der Waals surface area contributed by atoms with Crippen LogP contribution in [-0.2, 0) is 9.59 Å². The lowest BCUT2D eigenvalue weighted by Crippen LogP contribution is -2.51. The maximum atomic E-state index is 12.3. The zero-order chi connectivity index (χ0) is 22.6. The Morgan fingerprint density at radius 1 is 1.06 bits per heavy atom. The van der Waals surface area contributed by atoms with Crippen LogP contribution in [-0.4, -0.2) is 49.6 Å². The minimum absolute atomic E-state index is 0.0248. The Labute approximate surface area is 188 Å². The van der Waals surface area contributed by atoms with E-state index in [0.29, 0.717) is 22.7 Å². The van der Waals surface area contributed by atoms with E-state index < -0.39 is 0 Å². The Balaban J connectivity index is 1.50. The van der Waals surface area contributed by atoms with Crippen LogP contribution in [0.4, 0.5) is 0 Å². The van der Waals surface area contributed by atoms with Crippen LogP contribution in [0.3, 0.4) is 0 Å². The number of fused-ring (bicyclic) bond motifs is 5. The third kappa shape index (κ3) is 4.03. The molecule has 1 N–H and O–H groups in total. The molecule has 0 saturated heterocycles. The van der Waals surface area contributed by atoms with Gasteiger partial charge in [-0.2, -0.15) is 5.10 Å². The lowest BCUT2D eigenvalue weighted by atomic mass is 9.46. The SMILES string of the molecule is CC(=O)[C@H]1CCC2C3CCC4=C/C(=N\NC(=O)C[N+](C)(C)C)CC[C@]4(C)C3CC[C@@]21C. The topological polar surface area (TPSA) is 58.5 Å². The molecule has 172 valence electrons. The van der Waals surface area contributed by atoms with Crippen molar-refractivity contribution in [3.63, 3.8) is 0 Å². The number of Topliss-reactive ketones (excluding diaryl/α,β-unsaturated/α-hetero) is 1. The number of nitrogens with one attached hydrogen (secondary N) is 1. The van der Waals surface area contributed by atoms with E-state index in [1.165, 1.54) is 25.7 Å². The highest BCUT2D eigenvalue weighted by Crippen LogP contribution is 2.66. The zero-order valence-electron chi connectivity index (χ0n) is 20.5. The molecule has 0 aromatic rings. The number of ketones is 1. The summed E-state index contributed by atoms with van der Waals surface area (Å²) >= 11 is 0. The van der Waals surface area contributed by atoms with Gasteiger partial charge in [0.1, 0.15) is 5.78 Å². The van der Waals surface area contributed by atoms with E-state index in [1.54, 1.807) is 5.57 Å². The monoisotopic (exact) mass is 428 g/mol. The Hall–Kier alpha value is -1.49. The zero-order valence-corrected chi connectivity index (χ0v) is 20.5. The molecule has 31 heavy (non-hydrogen) atoms. The summed E-state index contributed by atoms with van der Waals surface area (Å²) in [7, 11) is 6.03. The van der Waals surface area contributed by atoms with E-state index in [9.17, 15) is 9.59 Å². The Morgan fingerprint density at radius 3 is 2.48 bits per heavy atom. The van der Waals surface area contributed by atoms with Gasteiger partial charge in [-0.05, 0) is 93.0 Å². The fourth-order valence-corrected chi connectivity index (χ4v) is 7.93. The van der Waals surface area contributed by atoms with Crippen LogP contribution in [0.25, 0.3) is 0 Å². The van der Waals surface area contributed by atoms with Crippen LogP contribution in [0.2, 0.25) is 0 Å². The highest BCUT2D eigenvalue weighted by molar-refractivity contribution is 5.97. The maximum absolute atomic E-state index is 12.3. The molecule has 0 aliphatic heterocycles. The van der Waals surface area contributed by atoms with Crippen LogP contribution in [0.15, 0.2) is 16.8 Å². The number of nitrogens with zero attached hydrogens (tertiary/aromatic N) is 2. The quantitative estimate of drug-likeness (QED) is 0.535. The summed E-state index contributed by atoms with van der Waals surface area (Å²) in [6, 6.07) is 0. The number of hydrogen-bond acceptors (Lipinski definition) is 3. The van der Waals surface area contributed by atoms with E-state index in [4.69, 9.17) is 0 Å². The number of allylic oxidation sites excluding steroid dienone is 2. The minimum Gasteiger partial charge on any atom is -0.323 e. The van der Waals surface area contributed by atoms with Crippen LogP contribution in [0.5, 0.6) is 0 Å². The predicted octanol–water partition coefficient (Wildman–Crippen LogP) is 4.33. The number of carbonyl (C=O) groups excluding carboxylic acids is 2. The Morgan fingerprint density at radius 2 is 1.81 bits per heavy atom. The van der Waals surface area contributed by atoms with E-state index in [-0.39, 0.29) is 22.7 Å². The van der Waals surface area contributed by atoms with E-state index in [2.05, 4.69) is 30.5 Å². The minimum atomic E-state index is -0.0248. The van der Waals surface area contributed by atoms with Gasteiger partial charge in [-0.15, -0.1) is 0 Å². The van der Waals surface area contributed by atoms with Crippen molar-refractivity contribution in [1.29, 1.82) is 0 Å². The molecule has 0 bridgehead atoms. The predicted molar refractivity (Wildman–Crippen MR) is 124 cm³/mol. The first-order chi connectivity index (χ1) is 14.4. The Bertz CT molecular complexity index is 823. The molecule has 4 aliphatic rings. The number of likely N-dealkylation sites (N-methyl/N-ethyl adjacent to an activating group) is 1. The lowest BCUT2D eigenvalue weighted by Gasteiger charge is -2.58. The summed E-state index contributed by atoms with van der Waals surface area (Å²) in [5.41, 5.74) is 5.83. The molecule has 0 radical (unpaired) electrons. The second-order valence-electron chi connectivity index (χ2n) is 12.4. The summed E-state index contributed by atoms with van der Waals surface area (Å²) in [5.74, 6) is 2.87. The molecule has 0 aromatic heterocycles. The van der Waals surface area contributed by atoms with Crippen molar-refractivity contribution in [2.45, 2.75) is 72.1 Å². The second kappa shape index (κ2) is 7.83. The smallest absolute Gasteiger partial charge is 0.295 e. The van der Waals surface area contributed by atoms with Gasteiger partial charge >= 0.3 is 0 Å². The van der Waals surface area contributed by atoms with Gasteiger partial charge in [0.05, 0.1) is 26.9 Å². The first-order valence-corrected chi connectivity index (χ1v) is 12.3. The number of rotatable bonds is 4. The third-order valence-corrected chi connectivity index (χ3v) is 9.41. The molecule has 3 fully saturated rings. The second-order valence-corrected chi connectivity index (χ2v) is 12.4. The molecule has 0 aromatic carbocycles. The maximum Gasteiger partial charge on any atom is 0.295 e. The average Bonchev–Trinajstić information content (AvgIpc) is 3.02. The molecule has 1 amide bonds. The van der Waals surface area contributed by atoms with Crippen molar-refractivity contribution in [3.8, 4) is 0 Å². The van der Waals surface area contributed by atoms with Crippen LogP contribution in [0.1, 0.15) is 72.1 Å². The molecule has 4 rings (SSSR count). The molecule has 3 unspecified atom stereocenters. The third-order valence-electron chi connectivity index (χ3n) is 9.41. The fourth-order valence-electron chi connectivity index (χ4n) is 7.93. The van der Waals surface area contributed by atoms with Gasteiger partial charge in [0, 0.05) is 5.92 Å². The molecular formula is C26H42N3O2+. The lowest BCUT2D eigenvalue weighted by molar-refractivity contribution is -0.862. The average molecular weight is 429 g/mol. The molecule has 5 nitrogen and oxygen atoms in total. The summed E-state index contributed by atoms with van der Waals surface area (Å²) in [6.07, 6.45) is 11.5. The molecular weight excluding hydrogens is 386 g/mol. The van der Waals surface area contributed by atoms with Crippen molar-refractivity contribution in [3.05, 3.63) is 11.6 Å². The van der Waals surface area contributed by atoms with E-state index in [0.717, 1.165) is 43.2 Å². The molecule has 0 heterocycles. The van der Waals surface area contributed by atoms with Crippen molar-refractivity contribution in [1.82, 2.24) is 5.43 Å². The van der Waals surface area contributed by atoms with Crippen molar-refractivity contribution >= 4 is 17.4 Å². The highest BCUT2D eigenvalue weighted by Gasteiger charge is 2.59. The largest absolute Gasteiger partial charge is 0.323 e.